The van der Waals surface area contributed by atoms with Gasteiger partial charge in [0.2, 0.25) is 0 Å². The van der Waals surface area contributed by atoms with E-state index in [1.54, 1.807) is 36.4 Å². The van der Waals surface area contributed by atoms with Gasteiger partial charge in [0.05, 0.1) is 25.2 Å². The molecule has 2 N–H and O–H groups in total. The normalized spacial score (nSPS) is 10.8. The number of nitrogens with zero attached hydrogens (tertiary/aromatic N) is 3. The second-order valence-electron chi connectivity index (χ2n) is 5.23. The Balaban J connectivity index is 1.80. The minimum absolute atomic E-state index is 0.00149. The van der Waals surface area contributed by atoms with Crippen LogP contribution in [0.25, 0.3) is 5.69 Å². The number of anilines is 1. The predicted molar refractivity (Wildman–Crippen MR) is 101 cm³/mol. The van der Waals surface area contributed by atoms with E-state index in [1.807, 2.05) is 6.07 Å². The number of halogens is 1. The van der Waals surface area contributed by atoms with Crippen LogP contribution < -0.4 is 15.7 Å². The van der Waals surface area contributed by atoms with E-state index in [0.29, 0.717) is 17.0 Å². The van der Waals surface area contributed by atoms with Crippen LogP contribution in [0.4, 0.5) is 5.69 Å². The molecule has 132 valence electrons. The lowest BCUT2D eigenvalue weighted by Crippen LogP contribution is -2.22. The average molecular weight is 371 g/mol. The molecule has 3 aromatic rings. The van der Waals surface area contributed by atoms with Gasteiger partial charge < -0.3 is 9.84 Å². The molecular formula is C18H15ClN4O3. The van der Waals surface area contributed by atoms with Crippen LogP contribution in [-0.4, -0.2) is 28.2 Å². The number of hydrogen-bond acceptors (Lipinski definition) is 6. The van der Waals surface area contributed by atoms with Crippen molar-refractivity contribution < 1.29 is 9.84 Å². The molecular weight excluding hydrogens is 356 g/mol. The number of phenols is 1. The maximum atomic E-state index is 12.4. The van der Waals surface area contributed by atoms with E-state index in [-0.39, 0.29) is 16.5 Å². The Morgan fingerprint density at radius 1 is 1.27 bits per heavy atom. The molecule has 26 heavy (non-hydrogen) atoms. The van der Waals surface area contributed by atoms with E-state index in [9.17, 15) is 9.90 Å². The minimum Gasteiger partial charge on any atom is -0.504 e. The number of hydrazone groups is 1. The fourth-order valence-corrected chi connectivity index (χ4v) is 2.40. The Hall–Kier alpha value is -3.32. The van der Waals surface area contributed by atoms with E-state index in [0.717, 1.165) is 0 Å². The van der Waals surface area contributed by atoms with E-state index < -0.39 is 5.56 Å². The third-order valence-electron chi connectivity index (χ3n) is 3.52. The Morgan fingerprint density at radius 2 is 2.04 bits per heavy atom. The lowest BCUT2D eigenvalue weighted by Gasteiger charge is -2.07. The molecule has 0 aliphatic rings. The number of aromatic nitrogens is 2. The standard InChI is InChI=1S/C18H15ClN4O3/c1-26-16-8-7-12(9-15(16)24)10-20-22-14-11-21-23(18(25)17(14)19)13-5-3-2-4-6-13/h2-11,22,24H,1H3/b20-10-. The summed E-state index contributed by atoms with van der Waals surface area (Å²) in [5.41, 5.74) is 3.75. The van der Waals surface area contributed by atoms with Crippen molar-refractivity contribution in [3.8, 4) is 17.2 Å². The van der Waals surface area contributed by atoms with Crippen LogP contribution in [0, 0.1) is 0 Å². The van der Waals surface area contributed by atoms with Gasteiger partial charge in [-0.25, -0.2) is 0 Å². The van der Waals surface area contributed by atoms with Gasteiger partial charge in [-0.05, 0) is 35.9 Å². The molecule has 0 spiro atoms. The Kier molecular flexibility index (Phi) is 5.19. The van der Waals surface area contributed by atoms with Crippen LogP contribution >= 0.6 is 11.6 Å². The average Bonchev–Trinajstić information content (AvgIpc) is 2.66. The van der Waals surface area contributed by atoms with Crippen molar-refractivity contribution in [1.82, 2.24) is 9.78 Å². The molecule has 3 rings (SSSR count). The molecule has 0 saturated heterocycles. The minimum atomic E-state index is -0.458. The summed E-state index contributed by atoms with van der Waals surface area (Å²) in [7, 11) is 1.47. The van der Waals surface area contributed by atoms with Gasteiger partial charge in [0.1, 0.15) is 10.7 Å². The van der Waals surface area contributed by atoms with Gasteiger partial charge in [0, 0.05) is 0 Å². The lowest BCUT2D eigenvalue weighted by molar-refractivity contribution is 0.373. The first-order chi connectivity index (χ1) is 12.6. The smallest absolute Gasteiger partial charge is 0.292 e. The number of methoxy groups -OCH3 is 1. The summed E-state index contributed by atoms with van der Waals surface area (Å²) >= 11 is 6.13. The molecule has 7 nitrogen and oxygen atoms in total. The van der Waals surface area contributed by atoms with E-state index in [2.05, 4.69) is 15.6 Å². The van der Waals surface area contributed by atoms with Crippen LogP contribution in [0.1, 0.15) is 5.56 Å². The van der Waals surface area contributed by atoms with Crippen molar-refractivity contribution in [2.75, 3.05) is 12.5 Å². The molecule has 0 aliphatic heterocycles. The summed E-state index contributed by atoms with van der Waals surface area (Å²) in [6, 6.07) is 13.8. The van der Waals surface area contributed by atoms with Crippen LogP contribution in [0.2, 0.25) is 5.02 Å². The zero-order valence-corrected chi connectivity index (χ0v) is 14.5. The molecule has 0 radical (unpaired) electrons. The van der Waals surface area contributed by atoms with Crippen molar-refractivity contribution in [2.24, 2.45) is 5.10 Å². The number of aromatic hydroxyl groups is 1. The Labute approximate surface area is 154 Å². The molecule has 0 saturated carbocycles. The van der Waals surface area contributed by atoms with E-state index >= 15 is 0 Å². The summed E-state index contributed by atoms with van der Waals surface area (Å²) < 4.78 is 6.18. The van der Waals surface area contributed by atoms with Gasteiger partial charge in [-0.3, -0.25) is 10.2 Å². The van der Waals surface area contributed by atoms with Crippen molar-refractivity contribution in [3.05, 3.63) is 75.7 Å². The molecule has 2 aromatic carbocycles. The second kappa shape index (κ2) is 7.71. The van der Waals surface area contributed by atoms with Gasteiger partial charge in [-0.15, -0.1) is 0 Å². The summed E-state index contributed by atoms with van der Waals surface area (Å²) in [5.74, 6) is 0.369. The van der Waals surface area contributed by atoms with Crippen molar-refractivity contribution >= 4 is 23.5 Å². The fraction of sp³-hybridized carbons (Fsp3) is 0.0556. The van der Waals surface area contributed by atoms with Crippen LogP contribution in [-0.2, 0) is 0 Å². The monoisotopic (exact) mass is 370 g/mol. The number of para-hydroxylation sites is 1. The molecule has 1 heterocycles. The quantitative estimate of drug-likeness (QED) is 0.532. The first kappa shape index (κ1) is 17.5. The van der Waals surface area contributed by atoms with Gasteiger partial charge in [0.15, 0.2) is 11.5 Å². The second-order valence-corrected chi connectivity index (χ2v) is 5.60. The highest BCUT2D eigenvalue weighted by molar-refractivity contribution is 6.32. The summed E-state index contributed by atoms with van der Waals surface area (Å²) in [6.07, 6.45) is 2.89. The topological polar surface area (TPSA) is 88.7 Å². The number of rotatable bonds is 5. The zero-order chi connectivity index (χ0) is 18.5. The highest BCUT2D eigenvalue weighted by Gasteiger charge is 2.10. The van der Waals surface area contributed by atoms with Crippen molar-refractivity contribution in [3.63, 3.8) is 0 Å². The predicted octanol–water partition coefficient (Wildman–Crippen LogP) is 3.05. The molecule has 0 amide bonds. The Bertz CT molecular complexity index is 1000. The maximum Gasteiger partial charge on any atom is 0.292 e. The summed E-state index contributed by atoms with van der Waals surface area (Å²) in [4.78, 5) is 12.4. The summed E-state index contributed by atoms with van der Waals surface area (Å²) in [6.45, 7) is 0. The number of phenolic OH excluding ortho intramolecular Hbond substituents is 1. The number of nitrogens with one attached hydrogen (secondary N) is 1. The van der Waals surface area contributed by atoms with Gasteiger partial charge in [-0.1, -0.05) is 29.8 Å². The third-order valence-corrected chi connectivity index (χ3v) is 3.89. The van der Waals surface area contributed by atoms with E-state index in [4.69, 9.17) is 16.3 Å². The van der Waals surface area contributed by atoms with Gasteiger partial charge in [0.25, 0.3) is 5.56 Å². The summed E-state index contributed by atoms with van der Waals surface area (Å²) in [5, 5.41) is 17.8. The molecule has 1 aromatic heterocycles. The molecule has 0 bridgehead atoms. The Morgan fingerprint density at radius 3 is 2.73 bits per heavy atom. The van der Waals surface area contributed by atoms with Crippen LogP contribution in [0.15, 0.2) is 64.6 Å². The molecule has 0 fully saturated rings. The molecule has 0 atom stereocenters. The SMILES string of the molecule is COc1ccc(/C=N\Nc2cnn(-c3ccccc3)c(=O)c2Cl)cc1O. The van der Waals surface area contributed by atoms with E-state index in [1.165, 1.54) is 30.3 Å². The number of ether oxygens (including phenoxy) is 1. The maximum absolute atomic E-state index is 12.4. The van der Waals surface area contributed by atoms with Gasteiger partial charge in [-0.2, -0.15) is 14.9 Å². The lowest BCUT2D eigenvalue weighted by atomic mass is 10.2. The molecule has 8 heteroatoms. The third kappa shape index (κ3) is 3.68. The van der Waals surface area contributed by atoms with Crippen LogP contribution in [0.5, 0.6) is 11.5 Å². The van der Waals surface area contributed by atoms with Gasteiger partial charge >= 0.3 is 0 Å². The highest BCUT2D eigenvalue weighted by atomic mass is 35.5. The number of benzene rings is 2. The van der Waals surface area contributed by atoms with Crippen molar-refractivity contribution in [1.29, 1.82) is 0 Å². The first-order valence-electron chi connectivity index (χ1n) is 7.59. The number of hydrogen-bond donors (Lipinski definition) is 2. The fourth-order valence-electron chi connectivity index (χ4n) is 2.23. The highest BCUT2D eigenvalue weighted by Crippen LogP contribution is 2.25. The van der Waals surface area contributed by atoms with Crippen LogP contribution in [0.3, 0.4) is 0 Å². The molecule has 0 aliphatic carbocycles. The largest absolute Gasteiger partial charge is 0.504 e. The zero-order valence-electron chi connectivity index (χ0n) is 13.8. The van der Waals surface area contributed by atoms with Crippen molar-refractivity contribution in [2.45, 2.75) is 0 Å². The first-order valence-corrected chi connectivity index (χ1v) is 7.97. The molecule has 0 unspecified atom stereocenters.